The summed E-state index contributed by atoms with van der Waals surface area (Å²) < 4.78 is 1.75. The maximum absolute atomic E-state index is 10.5. The Bertz CT molecular complexity index is 1740. The maximum Gasteiger partial charge on any atom is 0.109 e. The second-order valence-corrected chi connectivity index (χ2v) is 10.7. The molecule has 206 valence electrons. The molecule has 9 nitrogen and oxygen atoms in total. The number of fused-ring (bicyclic) bond motifs is 1. The Labute approximate surface area is 246 Å². The number of anilines is 3. The third kappa shape index (κ3) is 5.69. The van der Waals surface area contributed by atoms with E-state index in [0.717, 1.165) is 24.2 Å². The van der Waals surface area contributed by atoms with Gasteiger partial charge in [-0.25, -0.2) is 4.68 Å². The molecular formula is C30H26Cl2N8O. The van der Waals surface area contributed by atoms with Gasteiger partial charge in [-0.15, -0.1) is 5.10 Å². The lowest BCUT2D eigenvalue weighted by Gasteiger charge is -2.28. The van der Waals surface area contributed by atoms with Gasteiger partial charge in [0.1, 0.15) is 11.8 Å². The first-order valence-electron chi connectivity index (χ1n) is 13.2. The van der Waals surface area contributed by atoms with Crippen molar-refractivity contribution in [3.63, 3.8) is 0 Å². The molecule has 0 radical (unpaired) electrons. The number of nitrogens with zero attached hydrogens (tertiary/aromatic N) is 5. The van der Waals surface area contributed by atoms with E-state index in [1.54, 1.807) is 16.8 Å². The average Bonchev–Trinajstić information content (AvgIpc) is 3.47. The van der Waals surface area contributed by atoms with Crippen LogP contribution in [0.15, 0.2) is 79.1 Å². The summed E-state index contributed by atoms with van der Waals surface area (Å²) in [6.45, 7) is 1.32. The van der Waals surface area contributed by atoms with Gasteiger partial charge in [-0.05, 0) is 48.9 Å². The average molecular weight is 585 g/mol. The van der Waals surface area contributed by atoms with Crippen molar-refractivity contribution < 1.29 is 5.11 Å². The Morgan fingerprint density at radius 1 is 1.07 bits per heavy atom. The van der Waals surface area contributed by atoms with Crippen LogP contribution in [0.4, 0.5) is 17.1 Å². The number of aliphatic hydroxyl groups excluding tert-OH is 1. The Morgan fingerprint density at radius 2 is 1.93 bits per heavy atom. The maximum atomic E-state index is 10.5. The zero-order valence-electron chi connectivity index (χ0n) is 21.8. The first-order chi connectivity index (χ1) is 20.0. The minimum atomic E-state index is -0.548. The van der Waals surface area contributed by atoms with E-state index >= 15 is 0 Å². The van der Waals surface area contributed by atoms with Crippen LogP contribution in [0.3, 0.4) is 0 Å². The van der Waals surface area contributed by atoms with E-state index in [9.17, 15) is 10.4 Å². The first-order valence-corrected chi connectivity index (χ1v) is 13.9. The quantitative estimate of drug-likeness (QED) is 0.188. The molecule has 1 fully saturated rings. The van der Waals surface area contributed by atoms with Crippen LogP contribution in [0, 0.1) is 11.3 Å². The lowest BCUT2D eigenvalue weighted by atomic mass is 10.0. The molecule has 3 atom stereocenters. The van der Waals surface area contributed by atoms with Crippen LogP contribution in [0.2, 0.25) is 10.0 Å². The number of nitriles is 1. The van der Waals surface area contributed by atoms with Crippen molar-refractivity contribution in [1.82, 2.24) is 25.3 Å². The van der Waals surface area contributed by atoms with Crippen LogP contribution in [-0.4, -0.2) is 44.3 Å². The van der Waals surface area contributed by atoms with Crippen LogP contribution >= 0.6 is 23.2 Å². The summed E-state index contributed by atoms with van der Waals surface area (Å²) in [4.78, 5) is 4.47. The molecule has 0 bridgehead atoms. The van der Waals surface area contributed by atoms with Gasteiger partial charge in [0.15, 0.2) is 0 Å². The minimum absolute atomic E-state index is 0.153. The number of hydrogen-bond acceptors (Lipinski definition) is 8. The predicted molar refractivity (Wildman–Crippen MR) is 161 cm³/mol. The molecular weight excluding hydrogens is 559 g/mol. The fourth-order valence-corrected chi connectivity index (χ4v) is 5.59. The number of β-amino-alcohol motifs (C(OH)–C–C–N with tert-alkyl or cyclic N) is 1. The number of aromatic nitrogens is 4. The Balaban J connectivity index is 1.41. The van der Waals surface area contributed by atoms with Crippen molar-refractivity contribution in [2.24, 2.45) is 0 Å². The molecule has 2 aromatic heterocycles. The molecule has 3 aromatic carbocycles. The third-order valence-corrected chi connectivity index (χ3v) is 7.68. The summed E-state index contributed by atoms with van der Waals surface area (Å²) in [5.41, 5.74) is 4.61. The summed E-state index contributed by atoms with van der Waals surface area (Å²) in [5, 5.41) is 41.1. The van der Waals surface area contributed by atoms with Gasteiger partial charge in [0.25, 0.3) is 0 Å². The highest BCUT2D eigenvalue weighted by Gasteiger charge is 2.27. The molecule has 1 aliphatic rings. The van der Waals surface area contributed by atoms with E-state index in [4.69, 9.17) is 23.2 Å². The third-order valence-electron chi connectivity index (χ3n) is 7.16. The van der Waals surface area contributed by atoms with E-state index in [-0.39, 0.29) is 12.1 Å². The summed E-state index contributed by atoms with van der Waals surface area (Å²) in [6.07, 6.45) is 3.60. The van der Waals surface area contributed by atoms with E-state index < -0.39 is 6.10 Å². The Hall–Kier alpha value is -4.20. The molecule has 41 heavy (non-hydrogen) atoms. The van der Waals surface area contributed by atoms with Crippen LogP contribution in [0.5, 0.6) is 0 Å². The van der Waals surface area contributed by atoms with Crippen molar-refractivity contribution in [3.05, 3.63) is 106 Å². The van der Waals surface area contributed by atoms with Crippen molar-refractivity contribution in [3.8, 4) is 6.07 Å². The lowest BCUT2D eigenvalue weighted by Crippen LogP contribution is -2.41. The monoisotopic (exact) mass is 584 g/mol. The molecule has 0 aliphatic carbocycles. The van der Waals surface area contributed by atoms with Crippen molar-refractivity contribution in [2.75, 3.05) is 23.7 Å². The molecule has 1 aliphatic heterocycles. The summed E-state index contributed by atoms with van der Waals surface area (Å²) in [7, 11) is 0. The molecule has 1 saturated heterocycles. The first kappa shape index (κ1) is 27.0. The van der Waals surface area contributed by atoms with Crippen molar-refractivity contribution in [2.45, 2.75) is 24.6 Å². The molecule has 5 aromatic rings. The van der Waals surface area contributed by atoms with Gasteiger partial charge in [-0.1, -0.05) is 64.8 Å². The number of rotatable bonds is 7. The Morgan fingerprint density at radius 3 is 2.71 bits per heavy atom. The number of benzene rings is 3. The highest BCUT2D eigenvalue weighted by molar-refractivity contribution is 6.36. The SMILES string of the molecule is N#Cc1cnc2c(Cl)cc(N[C@@H](c3ccccc3)c3cn(C4CCNC[C@H]4O)nn3)cc2c1Nc1cccc(Cl)c1. The van der Waals surface area contributed by atoms with Crippen LogP contribution < -0.4 is 16.0 Å². The number of nitrogens with one attached hydrogen (secondary N) is 3. The molecule has 0 saturated carbocycles. The zero-order valence-corrected chi connectivity index (χ0v) is 23.3. The summed E-state index contributed by atoms with van der Waals surface area (Å²) in [6, 6.07) is 22.6. The van der Waals surface area contributed by atoms with Gasteiger partial charge < -0.3 is 21.1 Å². The van der Waals surface area contributed by atoms with Gasteiger partial charge in [-0.3, -0.25) is 4.98 Å². The van der Waals surface area contributed by atoms with Gasteiger partial charge in [0.05, 0.1) is 46.2 Å². The smallest absolute Gasteiger partial charge is 0.109 e. The molecule has 11 heteroatoms. The highest BCUT2D eigenvalue weighted by Crippen LogP contribution is 2.37. The minimum Gasteiger partial charge on any atom is -0.390 e. The van der Waals surface area contributed by atoms with Gasteiger partial charge in [0, 0.05) is 34.5 Å². The van der Waals surface area contributed by atoms with E-state index in [1.165, 1.54) is 6.20 Å². The zero-order chi connectivity index (χ0) is 28.3. The van der Waals surface area contributed by atoms with Crippen LogP contribution in [-0.2, 0) is 0 Å². The molecule has 6 rings (SSSR count). The number of pyridine rings is 1. The molecule has 0 spiro atoms. The fraction of sp³-hybridized carbons (Fsp3) is 0.200. The standard InChI is InChI=1S/C30H26Cl2N8O/c31-20-7-4-8-21(11-20)36-28-19(14-33)15-35-30-23(28)12-22(13-24(30)32)37-29(18-5-2-1-3-6-18)25-17-40(39-38-25)26-9-10-34-16-27(26)41/h1-8,11-13,15,17,26-27,29,34,37,41H,9-10,16H2,(H,35,36)/t26?,27-,29+/m1/s1. The predicted octanol–water partition coefficient (Wildman–Crippen LogP) is 5.85. The van der Waals surface area contributed by atoms with Gasteiger partial charge in [-0.2, -0.15) is 5.26 Å². The topological polar surface area (TPSA) is 124 Å². The molecule has 0 amide bonds. The van der Waals surface area contributed by atoms with E-state index in [2.05, 4.69) is 37.3 Å². The molecule has 3 heterocycles. The van der Waals surface area contributed by atoms with Crippen molar-refractivity contribution >= 4 is 51.2 Å². The fourth-order valence-electron chi connectivity index (χ4n) is 5.13. The number of aliphatic hydroxyl groups is 1. The summed E-state index contributed by atoms with van der Waals surface area (Å²) in [5.74, 6) is 0. The Kier molecular flexibility index (Phi) is 7.72. The number of hydrogen-bond donors (Lipinski definition) is 4. The van der Waals surface area contributed by atoms with E-state index in [0.29, 0.717) is 50.1 Å². The highest BCUT2D eigenvalue weighted by atomic mass is 35.5. The van der Waals surface area contributed by atoms with Gasteiger partial charge in [0.2, 0.25) is 0 Å². The van der Waals surface area contributed by atoms with Crippen LogP contribution in [0.1, 0.15) is 35.3 Å². The summed E-state index contributed by atoms with van der Waals surface area (Å²) >= 11 is 13.0. The molecule has 1 unspecified atom stereocenters. The van der Waals surface area contributed by atoms with Crippen LogP contribution in [0.25, 0.3) is 10.9 Å². The lowest BCUT2D eigenvalue weighted by molar-refractivity contribution is 0.0800. The van der Waals surface area contributed by atoms with Gasteiger partial charge >= 0.3 is 0 Å². The second kappa shape index (κ2) is 11.7. The number of piperidine rings is 1. The normalized spacial score (nSPS) is 17.6. The van der Waals surface area contributed by atoms with E-state index in [1.807, 2.05) is 60.8 Å². The molecule has 4 N–H and O–H groups in total. The second-order valence-electron chi connectivity index (χ2n) is 9.89. The largest absolute Gasteiger partial charge is 0.390 e. The number of halogens is 2. The van der Waals surface area contributed by atoms with Crippen molar-refractivity contribution in [1.29, 1.82) is 5.26 Å².